The number of carbonyl (C=O) groups excluding carboxylic acids is 1. The zero-order chi connectivity index (χ0) is 22.4. The fourth-order valence-corrected chi connectivity index (χ4v) is 4.94. The number of rotatable bonds is 8. The van der Waals surface area contributed by atoms with Gasteiger partial charge in [0.2, 0.25) is 0 Å². The van der Waals surface area contributed by atoms with E-state index in [4.69, 9.17) is 4.74 Å². The predicted molar refractivity (Wildman–Crippen MR) is 131 cm³/mol. The molecule has 2 heteroatoms. The number of unbranched alkanes of at least 4 members (excludes halogenated alkanes) is 2. The molecular formula is C29H40O2. The normalized spacial score (nSPS) is 18.9. The Kier molecular flexibility index (Phi) is 8.35. The maximum Gasteiger partial charge on any atom is 0.338 e. The van der Waals surface area contributed by atoms with Crippen molar-refractivity contribution in [3.05, 3.63) is 58.7 Å². The minimum Gasteiger partial charge on any atom is -0.459 e. The summed E-state index contributed by atoms with van der Waals surface area (Å²) < 4.78 is 5.96. The van der Waals surface area contributed by atoms with E-state index in [-0.39, 0.29) is 12.1 Å². The number of carbonyl (C=O) groups is 1. The Bertz CT molecular complexity index is 832. The molecule has 3 rings (SSSR count). The summed E-state index contributed by atoms with van der Waals surface area (Å²) in [5.41, 5.74) is 6.44. The lowest BCUT2D eigenvalue weighted by Crippen LogP contribution is -2.25. The Balaban J connectivity index is 1.63. The summed E-state index contributed by atoms with van der Waals surface area (Å²) in [5.74, 6) is 1.21. The number of ether oxygens (including phenoxy) is 1. The highest BCUT2D eigenvalue weighted by Crippen LogP contribution is 2.32. The Morgan fingerprint density at radius 1 is 0.935 bits per heavy atom. The second-order valence-electron chi connectivity index (χ2n) is 9.81. The summed E-state index contributed by atoms with van der Waals surface area (Å²) in [5, 5.41) is 0. The molecule has 0 amide bonds. The van der Waals surface area contributed by atoms with Crippen LogP contribution in [0.4, 0.5) is 0 Å². The van der Waals surface area contributed by atoms with Gasteiger partial charge in [-0.3, -0.25) is 0 Å². The minimum atomic E-state index is -0.147. The summed E-state index contributed by atoms with van der Waals surface area (Å²) in [6.45, 7) is 10.7. The van der Waals surface area contributed by atoms with Gasteiger partial charge < -0.3 is 4.74 Å². The van der Waals surface area contributed by atoms with Gasteiger partial charge in [-0.25, -0.2) is 4.79 Å². The summed E-state index contributed by atoms with van der Waals surface area (Å²) >= 11 is 0. The second-order valence-corrected chi connectivity index (χ2v) is 9.81. The fraction of sp³-hybridized carbons (Fsp3) is 0.552. The van der Waals surface area contributed by atoms with Crippen molar-refractivity contribution >= 4 is 5.97 Å². The van der Waals surface area contributed by atoms with E-state index in [9.17, 15) is 4.79 Å². The fourth-order valence-electron chi connectivity index (χ4n) is 4.94. The standard InChI is InChI=1S/C29H40O2/c1-6-7-8-9-23-10-16-27(17-11-23)31-29(30)28-21(4)18-26(19-22(28)5)25-14-12-24(13-15-25)20(2)3/h12-15,18-20,23,27H,6-11,16-17H2,1-5H3. The topological polar surface area (TPSA) is 26.3 Å². The smallest absolute Gasteiger partial charge is 0.338 e. The number of esters is 1. The molecule has 0 unspecified atom stereocenters. The van der Waals surface area contributed by atoms with Gasteiger partial charge in [-0.05, 0) is 79.2 Å². The monoisotopic (exact) mass is 420 g/mol. The molecule has 31 heavy (non-hydrogen) atoms. The van der Waals surface area contributed by atoms with Crippen LogP contribution in [0.15, 0.2) is 36.4 Å². The molecule has 0 aromatic heterocycles. The van der Waals surface area contributed by atoms with Crippen LogP contribution in [-0.2, 0) is 4.74 Å². The zero-order valence-electron chi connectivity index (χ0n) is 20.2. The molecule has 1 aliphatic rings. The van der Waals surface area contributed by atoms with Crippen molar-refractivity contribution in [1.82, 2.24) is 0 Å². The molecule has 0 radical (unpaired) electrons. The number of aryl methyl sites for hydroxylation is 2. The van der Waals surface area contributed by atoms with Gasteiger partial charge in [-0.15, -0.1) is 0 Å². The molecule has 0 N–H and O–H groups in total. The summed E-state index contributed by atoms with van der Waals surface area (Å²) in [6.07, 6.45) is 9.82. The molecule has 2 aromatic carbocycles. The first-order chi connectivity index (χ1) is 14.9. The molecule has 0 saturated heterocycles. The van der Waals surface area contributed by atoms with Gasteiger partial charge in [0.1, 0.15) is 6.10 Å². The van der Waals surface area contributed by atoms with E-state index in [1.54, 1.807) is 0 Å². The van der Waals surface area contributed by atoms with Gasteiger partial charge in [0.05, 0.1) is 5.56 Å². The van der Waals surface area contributed by atoms with Crippen molar-refractivity contribution in [1.29, 1.82) is 0 Å². The lowest BCUT2D eigenvalue weighted by molar-refractivity contribution is 0.0159. The molecule has 1 aliphatic carbocycles. The predicted octanol–water partition coefficient (Wildman–Crippen LogP) is 8.39. The van der Waals surface area contributed by atoms with Crippen molar-refractivity contribution in [3.63, 3.8) is 0 Å². The molecule has 168 valence electrons. The SMILES string of the molecule is CCCCCC1CCC(OC(=O)c2c(C)cc(-c3ccc(C(C)C)cc3)cc2C)CC1. The quantitative estimate of drug-likeness (QED) is 0.316. The van der Waals surface area contributed by atoms with E-state index in [1.807, 2.05) is 13.8 Å². The van der Waals surface area contributed by atoms with Crippen LogP contribution in [0.1, 0.15) is 105 Å². The van der Waals surface area contributed by atoms with Gasteiger partial charge in [0, 0.05) is 0 Å². The van der Waals surface area contributed by atoms with E-state index in [2.05, 4.69) is 57.2 Å². The van der Waals surface area contributed by atoms with Crippen LogP contribution in [-0.4, -0.2) is 12.1 Å². The van der Waals surface area contributed by atoms with E-state index < -0.39 is 0 Å². The summed E-state index contributed by atoms with van der Waals surface area (Å²) in [7, 11) is 0. The van der Waals surface area contributed by atoms with Crippen molar-refractivity contribution in [3.8, 4) is 11.1 Å². The third-order valence-corrected chi connectivity index (χ3v) is 6.93. The molecule has 0 bridgehead atoms. The van der Waals surface area contributed by atoms with Gasteiger partial charge in [0.15, 0.2) is 0 Å². The maximum absolute atomic E-state index is 13.0. The molecule has 0 aliphatic heterocycles. The molecule has 0 spiro atoms. The number of hydrogen-bond acceptors (Lipinski definition) is 2. The van der Waals surface area contributed by atoms with Crippen molar-refractivity contribution in [2.24, 2.45) is 5.92 Å². The average Bonchev–Trinajstić information content (AvgIpc) is 2.74. The van der Waals surface area contributed by atoms with Gasteiger partial charge >= 0.3 is 5.97 Å². The molecule has 0 heterocycles. The van der Waals surface area contributed by atoms with E-state index in [1.165, 1.54) is 49.7 Å². The van der Waals surface area contributed by atoms with Gasteiger partial charge in [0.25, 0.3) is 0 Å². The highest BCUT2D eigenvalue weighted by Gasteiger charge is 2.25. The van der Waals surface area contributed by atoms with Crippen LogP contribution in [0, 0.1) is 19.8 Å². The van der Waals surface area contributed by atoms with E-state index >= 15 is 0 Å². The zero-order valence-corrected chi connectivity index (χ0v) is 20.2. The molecule has 2 nitrogen and oxygen atoms in total. The first-order valence-corrected chi connectivity index (χ1v) is 12.3. The third-order valence-electron chi connectivity index (χ3n) is 6.93. The maximum atomic E-state index is 13.0. The summed E-state index contributed by atoms with van der Waals surface area (Å²) in [6, 6.07) is 13.0. The lowest BCUT2D eigenvalue weighted by Gasteiger charge is -2.28. The van der Waals surface area contributed by atoms with E-state index in [0.717, 1.165) is 41.0 Å². The third kappa shape index (κ3) is 6.21. The number of hydrogen-bond donors (Lipinski definition) is 0. The first kappa shape index (κ1) is 23.6. The Morgan fingerprint density at radius 3 is 2.10 bits per heavy atom. The number of benzene rings is 2. The van der Waals surface area contributed by atoms with Gasteiger partial charge in [-0.2, -0.15) is 0 Å². The largest absolute Gasteiger partial charge is 0.459 e. The van der Waals surface area contributed by atoms with Crippen LogP contribution < -0.4 is 0 Å². The van der Waals surface area contributed by atoms with Crippen LogP contribution >= 0.6 is 0 Å². The molecule has 2 aromatic rings. The van der Waals surface area contributed by atoms with Gasteiger partial charge in [-0.1, -0.05) is 82.9 Å². The molecule has 0 atom stereocenters. The Labute approximate surface area is 189 Å². The molecule has 1 fully saturated rings. The lowest BCUT2D eigenvalue weighted by atomic mass is 9.84. The van der Waals surface area contributed by atoms with Crippen molar-refractivity contribution in [2.45, 2.75) is 98.0 Å². The average molecular weight is 421 g/mol. The summed E-state index contributed by atoms with van der Waals surface area (Å²) in [4.78, 5) is 13.0. The minimum absolute atomic E-state index is 0.0805. The van der Waals surface area contributed by atoms with Crippen LogP contribution in [0.5, 0.6) is 0 Å². The second kappa shape index (κ2) is 11.0. The van der Waals surface area contributed by atoms with Crippen molar-refractivity contribution < 1.29 is 9.53 Å². The van der Waals surface area contributed by atoms with Crippen molar-refractivity contribution in [2.75, 3.05) is 0 Å². The highest BCUT2D eigenvalue weighted by atomic mass is 16.5. The first-order valence-electron chi connectivity index (χ1n) is 12.3. The Morgan fingerprint density at radius 2 is 1.55 bits per heavy atom. The highest BCUT2D eigenvalue weighted by molar-refractivity contribution is 5.93. The van der Waals surface area contributed by atoms with Crippen LogP contribution in [0.3, 0.4) is 0 Å². The molecular weight excluding hydrogens is 380 g/mol. The van der Waals surface area contributed by atoms with Crippen LogP contribution in [0.2, 0.25) is 0 Å². The Hall–Kier alpha value is -2.09. The molecule has 1 saturated carbocycles. The van der Waals surface area contributed by atoms with E-state index in [0.29, 0.717) is 5.92 Å². The van der Waals surface area contributed by atoms with Crippen LogP contribution in [0.25, 0.3) is 11.1 Å².